The van der Waals surface area contributed by atoms with E-state index in [1.807, 2.05) is 24.3 Å². The summed E-state index contributed by atoms with van der Waals surface area (Å²) < 4.78 is 5.95. The molecule has 1 rings (SSSR count). The van der Waals surface area contributed by atoms with Gasteiger partial charge in [-0.3, -0.25) is 4.79 Å². The standard InChI is InChI=1S/C13H17BrO3/c1-10(16)17-9-12(8-15)3-2-11-4-6-13(14)7-5-11/h4-7,12,15H,2-3,8-9H2,1H3/t12-/m1/s1. The van der Waals surface area contributed by atoms with Crippen molar-refractivity contribution in [1.82, 2.24) is 0 Å². The average molecular weight is 301 g/mol. The van der Waals surface area contributed by atoms with Gasteiger partial charge in [0.1, 0.15) is 0 Å². The van der Waals surface area contributed by atoms with Crippen LogP contribution < -0.4 is 0 Å². The Morgan fingerprint density at radius 3 is 2.59 bits per heavy atom. The molecule has 0 fully saturated rings. The van der Waals surface area contributed by atoms with E-state index in [1.165, 1.54) is 12.5 Å². The zero-order chi connectivity index (χ0) is 12.7. The van der Waals surface area contributed by atoms with Gasteiger partial charge in [0.25, 0.3) is 0 Å². The van der Waals surface area contributed by atoms with Gasteiger partial charge in [0, 0.05) is 23.9 Å². The lowest BCUT2D eigenvalue weighted by atomic mass is 10.0. The summed E-state index contributed by atoms with van der Waals surface area (Å²) in [6.45, 7) is 1.72. The molecule has 17 heavy (non-hydrogen) atoms. The summed E-state index contributed by atoms with van der Waals surface area (Å²) >= 11 is 3.38. The molecule has 1 atom stereocenters. The minimum atomic E-state index is -0.299. The van der Waals surface area contributed by atoms with Gasteiger partial charge in [0.2, 0.25) is 0 Å². The van der Waals surface area contributed by atoms with E-state index in [2.05, 4.69) is 15.9 Å². The van der Waals surface area contributed by atoms with Gasteiger partial charge >= 0.3 is 5.97 Å². The Bertz CT molecular complexity index is 348. The molecule has 0 amide bonds. The lowest BCUT2D eigenvalue weighted by molar-refractivity contribution is -0.142. The summed E-state index contributed by atoms with van der Waals surface area (Å²) in [5, 5.41) is 9.16. The number of carbonyl (C=O) groups excluding carboxylic acids is 1. The van der Waals surface area contributed by atoms with Crippen LogP contribution in [0, 0.1) is 5.92 Å². The van der Waals surface area contributed by atoms with Gasteiger partial charge in [0.05, 0.1) is 6.61 Å². The normalized spacial score (nSPS) is 12.2. The zero-order valence-electron chi connectivity index (χ0n) is 9.86. The van der Waals surface area contributed by atoms with E-state index < -0.39 is 0 Å². The molecule has 0 saturated carbocycles. The number of halogens is 1. The van der Waals surface area contributed by atoms with E-state index in [0.29, 0.717) is 6.61 Å². The highest BCUT2D eigenvalue weighted by molar-refractivity contribution is 9.10. The zero-order valence-corrected chi connectivity index (χ0v) is 11.4. The average Bonchev–Trinajstić information content (AvgIpc) is 2.31. The summed E-state index contributed by atoms with van der Waals surface area (Å²) in [6.07, 6.45) is 1.69. The number of hydrogen-bond acceptors (Lipinski definition) is 3. The van der Waals surface area contributed by atoms with Crippen LogP contribution in [0.15, 0.2) is 28.7 Å². The second-order valence-electron chi connectivity index (χ2n) is 4.02. The lowest BCUT2D eigenvalue weighted by Gasteiger charge is -2.13. The Morgan fingerprint density at radius 1 is 1.41 bits per heavy atom. The minimum absolute atomic E-state index is 0.0162. The molecule has 1 aromatic carbocycles. The van der Waals surface area contributed by atoms with Gasteiger partial charge in [-0.1, -0.05) is 28.1 Å². The second kappa shape index (κ2) is 7.45. The van der Waals surface area contributed by atoms with Crippen molar-refractivity contribution in [3.63, 3.8) is 0 Å². The van der Waals surface area contributed by atoms with Gasteiger partial charge in [-0.05, 0) is 30.5 Å². The Labute approximate surface area is 110 Å². The second-order valence-corrected chi connectivity index (χ2v) is 4.93. The molecule has 0 heterocycles. The first kappa shape index (κ1) is 14.2. The van der Waals surface area contributed by atoms with Crippen molar-refractivity contribution in [2.75, 3.05) is 13.2 Å². The number of esters is 1. The smallest absolute Gasteiger partial charge is 0.302 e. The molecular formula is C13H17BrO3. The van der Waals surface area contributed by atoms with Crippen molar-refractivity contribution in [1.29, 1.82) is 0 Å². The number of carbonyl (C=O) groups is 1. The lowest BCUT2D eigenvalue weighted by Crippen LogP contribution is -2.16. The largest absolute Gasteiger partial charge is 0.465 e. The molecule has 94 valence electrons. The van der Waals surface area contributed by atoms with Gasteiger partial charge < -0.3 is 9.84 Å². The first-order valence-corrected chi connectivity index (χ1v) is 6.39. The highest BCUT2D eigenvalue weighted by Crippen LogP contribution is 2.14. The number of ether oxygens (including phenoxy) is 1. The van der Waals surface area contributed by atoms with Crippen molar-refractivity contribution < 1.29 is 14.6 Å². The third kappa shape index (κ3) is 5.84. The Kier molecular flexibility index (Phi) is 6.22. The van der Waals surface area contributed by atoms with Gasteiger partial charge in [-0.15, -0.1) is 0 Å². The minimum Gasteiger partial charge on any atom is -0.465 e. The third-order valence-corrected chi connectivity index (χ3v) is 3.06. The molecule has 4 heteroatoms. The molecule has 1 aromatic rings. The summed E-state index contributed by atoms with van der Waals surface area (Å²) in [5.74, 6) is -0.283. The molecule has 0 saturated heterocycles. The Morgan fingerprint density at radius 2 is 2.06 bits per heavy atom. The van der Waals surface area contributed by atoms with E-state index in [0.717, 1.165) is 17.3 Å². The van der Waals surface area contributed by atoms with E-state index in [-0.39, 0.29) is 18.5 Å². The maximum absolute atomic E-state index is 10.7. The van der Waals surface area contributed by atoms with Gasteiger partial charge in [-0.2, -0.15) is 0 Å². The van der Waals surface area contributed by atoms with Crippen LogP contribution in [0.3, 0.4) is 0 Å². The first-order valence-electron chi connectivity index (χ1n) is 5.60. The number of aliphatic hydroxyl groups excluding tert-OH is 1. The number of aliphatic hydroxyl groups is 1. The van der Waals surface area contributed by atoms with Crippen LogP contribution in [0.4, 0.5) is 0 Å². The maximum Gasteiger partial charge on any atom is 0.302 e. The van der Waals surface area contributed by atoms with Gasteiger partial charge in [0.15, 0.2) is 0 Å². The molecule has 0 unspecified atom stereocenters. The number of aryl methyl sites for hydroxylation is 1. The monoisotopic (exact) mass is 300 g/mol. The molecule has 0 aromatic heterocycles. The van der Waals surface area contributed by atoms with Crippen molar-refractivity contribution in [2.45, 2.75) is 19.8 Å². The quantitative estimate of drug-likeness (QED) is 0.821. The van der Waals surface area contributed by atoms with Crippen LogP contribution in [0.1, 0.15) is 18.9 Å². The summed E-state index contributed by atoms with van der Waals surface area (Å²) in [7, 11) is 0. The molecule has 0 bridgehead atoms. The highest BCUT2D eigenvalue weighted by Gasteiger charge is 2.09. The molecule has 0 aliphatic rings. The van der Waals surface area contributed by atoms with Crippen molar-refractivity contribution in [2.24, 2.45) is 5.92 Å². The number of hydrogen-bond donors (Lipinski definition) is 1. The summed E-state index contributed by atoms with van der Waals surface area (Å²) in [5.41, 5.74) is 1.22. The molecule has 0 aliphatic heterocycles. The van der Waals surface area contributed by atoms with Crippen LogP contribution in [0.5, 0.6) is 0 Å². The maximum atomic E-state index is 10.7. The molecule has 3 nitrogen and oxygen atoms in total. The van der Waals surface area contributed by atoms with E-state index in [4.69, 9.17) is 9.84 Å². The fourth-order valence-corrected chi connectivity index (χ4v) is 1.75. The fourth-order valence-electron chi connectivity index (χ4n) is 1.48. The van der Waals surface area contributed by atoms with Crippen LogP contribution in [0.2, 0.25) is 0 Å². The van der Waals surface area contributed by atoms with Crippen molar-refractivity contribution >= 4 is 21.9 Å². The molecule has 0 spiro atoms. The molecule has 1 N–H and O–H groups in total. The Hall–Kier alpha value is -0.870. The van der Waals surface area contributed by atoms with E-state index in [9.17, 15) is 4.79 Å². The van der Waals surface area contributed by atoms with Crippen LogP contribution in [0.25, 0.3) is 0 Å². The van der Waals surface area contributed by atoms with E-state index >= 15 is 0 Å². The Balaban J connectivity index is 2.36. The molecule has 0 radical (unpaired) electrons. The van der Waals surface area contributed by atoms with Crippen molar-refractivity contribution in [3.8, 4) is 0 Å². The van der Waals surface area contributed by atoms with Crippen molar-refractivity contribution in [3.05, 3.63) is 34.3 Å². The fraction of sp³-hybridized carbons (Fsp3) is 0.462. The highest BCUT2D eigenvalue weighted by atomic mass is 79.9. The SMILES string of the molecule is CC(=O)OC[C@@H](CO)CCc1ccc(Br)cc1. The number of benzene rings is 1. The summed E-state index contributed by atoms with van der Waals surface area (Å²) in [4.78, 5) is 10.7. The topological polar surface area (TPSA) is 46.5 Å². The predicted octanol–water partition coefficient (Wildman–Crippen LogP) is 2.55. The molecular weight excluding hydrogens is 284 g/mol. The van der Waals surface area contributed by atoms with Crippen LogP contribution in [-0.2, 0) is 16.0 Å². The summed E-state index contributed by atoms with van der Waals surface area (Å²) in [6, 6.07) is 8.08. The predicted molar refractivity (Wildman–Crippen MR) is 69.7 cm³/mol. The molecule has 0 aliphatic carbocycles. The van der Waals surface area contributed by atoms with Crippen LogP contribution >= 0.6 is 15.9 Å². The van der Waals surface area contributed by atoms with Crippen LogP contribution in [-0.4, -0.2) is 24.3 Å². The third-order valence-electron chi connectivity index (χ3n) is 2.54. The first-order chi connectivity index (χ1) is 8.11. The number of rotatable bonds is 6. The van der Waals surface area contributed by atoms with E-state index in [1.54, 1.807) is 0 Å². The van der Waals surface area contributed by atoms with Gasteiger partial charge in [-0.25, -0.2) is 0 Å².